The van der Waals surface area contributed by atoms with E-state index in [4.69, 9.17) is 33.3 Å². The van der Waals surface area contributed by atoms with Crippen LogP contribution in [0.1, 0.15) is 32.2 Å². The normalized spacial score (nSPS) is 10.1. The Morgan fingerprint density at radius 2 is 1.20 bits per heavy atom. The van der Waals surface area contributed by atoms with Gasteiger partial charge in [0.25, 0.3) is 11.8 Å². The second-order valence-corrected chi connectivity index (χ2v) is 6.86. The first-order chi connectivity index (χ1) is 14.5. The maximum atomic E-state index is 11.9. The summed E-state index contributed by atoms with van der Waals surface area (Å²) in [5.41, 5.74) is 1.91. The Kier molecular flexibility index (Phi) is 7.30. The summed E-state index contributed by atoms with van der Waals surface area (Å²) in [6.45, 7) is 0.843. The molecule has 0 unspecified atom stereocenters. The average molecular weight is 443 g/mol. The topological polar surface area (TPSA) is 109 Å². The highest BCUT2D eigenvalue weighted by molar-refractivity contribution is 7.80. The number of hydrogen-bond acceptors (Lipinski definition) is 6. The van der Waals surface area contributed by atoms with E-state index in [2.05, 4.69) is 21.3 Å². The number of carbonyl (C=O) groups is 2. The van der Waals surface area contributed by atoms with Crippen molar-refractivity contribution in [2.45, 2.75) is 13.1 Å². The molecule has 0 spiro atoms. The van der Waals surface area contributed by atoms with Gasteiger partial charge in [-0.3, -0.25) is 20.2 Å². The maximum absolute atomic E-state index is 11.9. The Balaban J connectivity index is 1.44. The third-order valence-electron chi connectivity index (χ3n) is 3.84. The van der Waals surface area contributed by atoms with Crippen LogP contribution in [0.3, 0.4) is 0 Å². The fraction of sp³-hybridized carbons (Fsp3) is 0.100. The van der Waals surface area contributed by atoms with Crippen molar-refractivity contribution < 1.29 is 18.4 Å². The van der Waals surface area contributed by atoms with Crippen LogP contribution in [0.15, 0.2) is 69.9 Å². The summed E-state index contributed by atoms with van der Waals surface area (Å²) in [5, 5.41) is 11.4. The first kappa shape index (κ1) is 21.2. The summed E-state index contributed by atoms with van der Waals surface area (Å²) < 4.78 is 10.0. The zero-order chi connectivity index (χ0) is 21.3. The van der Waals surface area contributed by atoms with Crippen LogP contribution in [0.4, 0.5) is 0 Å². The molecule has 8 nitrogen and oxygen atoms in total. The molecule has 4 N–H and O–H groups in total. The van der Waals surface area contributed by atoms with E-state index in [1.165, 1.54) is 12.5 Å². The van der Waals surface area contributed by atoms with E-state index in [9.17, 15) is 9.59 Å². The van der Waals surface area contributed by atoms with Gasteiger partial charge in [-0.15, -0.1) is 0 Å². The summed E-state index contributed by atoms with van der Waals surface area (Å²) in [6, 6.07) is 14.0. The summed E-state index contributed by atoms with van der Waals surface area (Å²) in [5.74, 6) is -0.467. The van der Waals surface area contributed by atoms with Crippen LogP contribution in [-0.4, -0.2) is 22.0 Å². The van der Waals surface area contributed by atoms with E-state index in [1.54, 1.807) is 24.3 Å². The van der Waals surface area contributed by atoms with Crippen molar-refractivity contribution in [2.75, 3.05) is 0 Å². The molecule has 2 aromatic heterocycles. The Labute approximate surface area is 183 Å². The molecule has 1 aromatic carbocycles. The molecular weight excluding hydrogens is 424 g/mol. The fourth-order valence-electron chi connectivity index (χ4n) is 2.45. The van der Waals surface area contributed by atoms with E-state index >= 15 is 0 Å². The molecule has 0 saturated heterocycles. The lowest BCUT2D eigenvalue weighted by molar-refractivity contribution is 0.0942. The minimum Gasteiger partial charge on any atom is -0.459 e. The number of thiocarbonyl (C=S) groups is 2. The van der Waals surface area contributed by atoms with Crippen LogP contribution in [0.2, 0.25) is 0 Å². The van der Waals surface area contributed by atoms with Gasteiger partial charge < -0.3 is 19.5 Å². The van der Waals surface area contributed by atoms with Crippen LogP contribution in [0.5, 0.6) is 0 Å². The van der Waals surface area contributed by atoms with Crippen LogP contribution in [0, 0.1) is 0 Å². The number of hydrogen-bond donors (Lipinski definition) is 4. The van der Waals surface area contributed by atoms with Gasteiger partial charge in [-0.1, -0.05) is 24.3 Å². The number of benzene rings is 1. The highest BCUT2D eigenvalue weighted by Crippen LogP contribution is 2.06. The zero-order valence-electron chi connectivity index (χ0n) is 15.6. The summed E-state index contributed by atoms with van der Waals surface area (Å²) in [6.07, 6.45) is 2.83. The third-order valence-corrected chi connectivity index (χ3v) is 4.33. The van der Waals surface area contributed by atoms with Gasteiger partial charge in [-0.25, -0.2) is 0 Å². The van der Waals surface area contributed by atoms with Gasteiger partial charge in [0.1, 0.15) is 0 Å². The molecule has 0 bridgehead atoms. The van der Waals surface area contributed by atoms with Crippen molar-refractivity contribution in [2.24, 2.45) is 0 Å². The van der Waals surface area contributed by atoms with E-state index in [1.807, 2.05) is 24.3 Å². The number of rotatable bonds is 6. The number of furan rings is 2. The second-order valence-electron chi connectivity index (χ2n) is 6.05. The smallest absolute Gasteiger partial charge is 0.293 e. The van der Waals surface area contributed by atoms with Crippen molar-refractivity contribution in [3.63, 3.8) is 0 Å². The Hall–Kier alpha value is -3.50. The van der Waals surface area contributed by atoms with Gasteiger partial charge in [0.2, 0.25) is 0 Å². The molecule has 2 heterocycles. The number of amides is 2. The Bertz CT molecular complexity index is 954. The molecule has 0 fully saturated rings. The summed E-state index contributed by atoms with van der Waals surface area (Å²) >= 11 is 10.3. The molecule has 0 aliphatic heterocycles. The average Bonchev–Trinajstić information content (AvgIpc) is 3.45. The SMILES string of the molecule is O=C(NC(=S)NCc1cccc(CNC(=S)NC(=O)c2ccco2)c1)c1ccco1. The lowest BCUT2D eigenvalue weighted by Gasteiger charge is -2.11. The van der Waals surface area contributed by atoms with Crippen molar-refractivity contribution in [1.29, 1.82) is 0 Å². The minimum absolute atomic E-state index is 0.183. The highest BCUT2D eigenvalue weighted by atomic mass is 32.1. The lowest BCUT2D eigenvalue weighted by Crippen LogP contribution is -2.39. The maximum Gasteiger partial charge on any atom is 0.293 e. The van der Waals surface area contributed by atoms with Gasteiger partial charge in [0.15, 0.2) is 21.7 Å². The standard InChI is InChI=1S/C20H18N4O4S2/c25-17(15-6-2-8-27-15)23-19(29)21-11-13-4-1-5-14(10-13)12-22-20(30)24-18(26)16-7-3-9-28-16/h1-10H,11-12H2,(H2,21,23,25,29)(H2,22,24,26,30). The Morgan fingerprint density at radius 3 is 1.60 bits per heavy atom. The van der Waals surface area contributed by atoms with Gasteiger partial charge >= 0.3 is 0 Å². The molecule has 0 aliphatic rings. The van der Waals surface area contributed by atoms with Gasteiger partial charge in [-0.05, 0) is 59.8 Å². The lowest BCUT2D eigenvalue weighted by atomic mass is 10.1. The molecule has 10 heteroatoms. The minimum atomic E-state index is -0.416. The van der Waals surface area contributed by atoms with Crippen LogP contribution in [0.25, 0.3) is 0 Å². The van der Waals surface area contributed by atoms with Gasteiger partial charge in [0.05, 0.1) is 12.5 Å². The van der Waals surface area contributed by atoms with Crippen LogP contribution >= 0.6 is 24.4 Å². The van der Waals surface area contributed by atoms with Crippen molar-refractivity contribution >= 4 is 46.5 Å². The molecule has 3 aromatic rings. The van der Waals surface area contributed by atoms with E-state index in [0.717, 1.165) is 11.1 Å². The van der Waals surface area contributed by atoms with Gasteiger partial charge in [0, 0.05) is 13.1 Å². The molecular formula is C20H18N4O4S2. The molecule has 154 valence electrons. The Morgan fingerprint density at radius 1 is 0.733 bits per heavy atom. The van der Waals surface area contributed by atoms with Crippen molar-refractivity contribution in [3.8, 4) is 0 Å². The molecule has 0 radical (unpaired) electrons. The summed E-state index contributed by atoms with van der Waals surface area (Å²) in [7, 11) is 0. The molecule has 30 heavy (non-hydrogen) atoms. The van der Waals surface area contributed by atoms with E-state index in [-0.39, 0.29) is 21.7 Å². The quantitative estimate of drug-likeness (QED) is 0.431. The predicted octanol–water partition coefficient (Wildman–Crippen LogP) is 2.48. The molecule has 3 rings (SSSR count). The first-order valence-corrected chi connectivity index (χ1v) is 9.66. The zero-order valence-corrected chi connectivity index (χ0v) is 17.3. The van der Waals surface area contributed by atoms with E-state index < -0.39 is 11.8 Å². The van der Waals surface area contributed by atoms with Crippen molar-refractivity contribution in [1.82, 2.24) is 21.3 Å². The molecule has 2 amide bonds. The predicted molar refractivity (Wildman–Crippen MR) is 118 cm³/mol. The highest BCUT2D eigenvalue weighted by Gasteiger charge is 2.11. The molecule has 0 atom stereocenters. The monoisotopic (exact) mass is 442 g/mol. The third kappa shape index (κ3) is 6.26. The van der Waals surface area contributed by atoms with Gasteiger partial charge in [-0.2, -0.15) is 0 Å². The molecule has 0 saturated carbocycles. The second kappa shape index (κ2) is 10.3. The number of carbonyl (C=O) groups excluding carboxylic acids is 2. The summed E-state index contributed by atoms with van der Waals surface area (Å²) in [4.78, 5) is 23.8. The fourth-order valence-corrected chi connectivity index (χ4v) is 2.78. The van der Waals surface area contributed by atoms with Crippen LogP contribution in [-0.2, 0) is 13.1 Å². The van der Waals surface area contributed by atoms with E-state index in [0.29, 0.717) is 13.1 Å². The first-order valence-electron chi connectivity index (χ1n) is 8.84. The number of nitrogens with one attached hydrogen (secondary N) is 4. The van der Waals surface area contributed by atoms with Crippen LogP contribution < -0.4 is 21.3 Å². The molecule has 0 aliphatic carbocycles. The largest absolute Gasteiger partial charge is 0.459 e. The van der Waals surface area contributed by atoms with Crippen molar-refractivity contribution in [3.05, 3.63) is 83.7 Å².